The largest absolute Gasteiger partial charge is 0.472 e. The molecule has 0 aliphatic carbocycles. The van der Waals surface area contributed by atoms with Crippen LogP contribution in [-0.2, 0) is 11.3 Å². The molecule has 4 rings (SSSR count). The van der Waals surface area contributed by atoms with Crippen molar-refractivity contribution < 1.29 is 13.6 Å². The Morgan fingerprint density at radius 3 is 2.21 bits per heavy atom. The third-order valence-electron chi connectivity index (χ3n) is 4.24. The highest BCUT2D eigenvalue weighted by atomic mass is 16.4. The normalized spacial score (nSPS) is 10.9. The monoisotopic (exact) mass is 375 g/mol. The van der Waals surface area contributed by atoms with Crippen molar-refractivity contribution in [2.75, 3.05) is 0 Å². The maximum Gasteiger partial charge on any atom is 0.437 e. The predicted molar refractivity (Wildman–Crippen MR) is 101 cm³/mol. The maximum atomic E-state index is 12.6. The van der Waals surface area contributed by atoms with Gasteiger partial charge in [-0.1, -0.05) is 60.7 Å². The van der Waals surface area contributed by atoms with Gasteiger partial charge >= 0.3 is 5.76 Å². The molecule has 140 valence electrons. The van der Waals surface area contributed by atoms with Crippen LogP contribution in [0.1, 0.15) is 17.2 Å². The van der Waals surface area contributed by atoms with Gasteiger partial charge in [0.25, 0.3) is 5.89 Å². The second-order valence-electron chi connectivity index (χ2n) is 6.16. The van der Waals surface area contributed by atoms with Crippen LogP contribution in [0.3, 0.4) is 0 Å². The number of benzene rings is 2. The second kappa shape index (κ2) is 7.79. The molecule has 0 spiro atoms. The molecule has 2 aromatic heterocycles. The van der Waals surface area contributed by atoms with Gasteiger partial charge in [-0.3, -0.25) is 4.79 Å². The van der Waals surface area contributed by atoms with Crippen molar-refractivity contribution >= 4 is 5.91 Å². The van der Waals surface area contributed by atoms with Gasteiger partial charge in [0.1, 0.15) is 12.8 Å². The van der Waals surface area contributed by atoms with Crippen LogP contribution >= 0.6 is 0 Å². The molecule has 0 saturated heterocycles. The van der Waals surface area contributed by atoms with Crippen LogP contribution in [0.4, 0.5) is 0 Å². The highest BCUT2D eigenvalue weighted by Gasteiger charge is 2.19. The Hall–Kier alpha value is -3.87. The van der Waals surface area contributed by atoms with Crippen LogP contribution in [-0.4, -0.2) is 15.7 Å². The van der Waals surface area contributed by atoms with Gasteiger partial charge in [-0.05, 0) is 17.2 Å². The summed E-state index contributed by atoms with van der Waals surface area (Å²) in [5, 5.41) is 7.03. The summed E-state index contributed by atoms with van der Waals surface area (Å²) in [6.07, 6.45) is 2.86. The zero-order chi connectivity index (χ0) is 19.3. The molecule has 4 aromatic rings. The van der Waals surface area contributed by atoms with Crippen molar-refractivity contribution in [1.29, 1.82) is 0 Å². The standard InChI is InChI=1S/C21H17N3O4/c25-18(13-24-21(26)28-20(23-24)17-11-12-27-14-17)22-19(15-7-3-1-4-8-15)16-9-5-2-6-10-16/h1-12,14,19H,13H2,(H,22,25). The average Bonchev–Trinajstić information content (AvgIpc) is 3.38. The molecule has 0 unspecified atom stereocenters. The van der Waals surface area contributed by atoms with E-state index in [4.69, 9.17) is 8.83 Å². The summed E-state index contributed by atoms with van der Waals surface area (Å²) in [7, 11) is 0. The molecule has 0 fully saturated rings. The van der Waals surface area contributed by atoms with Crippen molar-refractivity contribution in [2.45, 2.75) is 12.6 Å². The summed E-state index contributed by atoms with van der Waals surface area (Å²) in [5.41, 5.74) is 2.41. The van der Waals surface area contributed by atoms with Crippen molar-refractivity contribution in [2.24, 2.45) is 0 Å². The van der Waals surface area contributed by atoms with Gasteiger partial charge in [-0.2, -0.15) is 4.68 Å². The lowest BCUT2D eigenvalue weighted by Gasteiger charge is -2.19. The van der Waals surface area contributed by atoms with Crippen molar-refractivity contribution in [1.82, 2.24) is 15.1 Å². The summed E-state index contributed by atoms with van der Waals surface area (Å²) in [5.74, 6) is -0.955. The molecule has 0 bridgehead atoms. The molecule has 0 radical (unpaired) electrons. The quantitative estimate of drug-likeness (QED) is 0.559. The minimum Gasteiger partial charge on any atom is -0.472 e. The summed E-state index contributed by atoms with van der Waals surface area (Å²) in [6, 6.07) is 20.5. The first-order valence-corrected chi connectivity index (χ1v) is 8.70. The molecule has 0 aliphatic rings. The summed E-state index contributed by atoms with van der Waals surface area (Å²) < 4.78 is 11.0. The molecule has 2 heterocycles. The number of aromatic nitrogens is 2. The predicted octanol–water partition coefficient (Wildman–Crippen LogP) is 3.00. The molecule has 1 amide bonds. The molecular formula is C21H17N3O4. The Bertz CT molecular complexity index is 1060. The van der Waals surface area contributed by atoms with Crippen LogP contribution in [0, 0.1) is 0 Å². The first-order chi connectivity index (χ1) is 13.7. The number of hydrogen-bond donors (Lipinski definition) is 1. The molecule has 7 heteroatoms. The summed E-state index contributed by atoms with van der Waals surface area (Å²) >= 11 is 0. The van der Waals surface area contributed by atoms with Crippen LogP contribution in [0.5, 0.6) is 0 Å². The Kier molecular flexibility index (Phi) is 4.88. The number of carbonyl (C=O) groups excluding carboxylic acids is 1. The number of amides is 1. The highest BCUT2D eigenvalue weighted by Crippen LogP contribution is 2.21. The van der Waals surface area contributed by atoms with E-state index in [1.165, 1.54) is 12.5 Å². The Morgan fingerprint density at radius 1 is 1.00 bits per heavy atom. The van der Waals surface area contributed by atoms with Crippen LogP contribution in [0.15, 0.2) is 92.9 Å². The zero-order valence-electron chi connectivity index (χ0n) is 14.8. The SMILES string of the molecule is O=C(Cn1nc(-c2ccoc2)oc1=O)NC(c1ccccc1)c1ccccc1. The van der Waals surface area contributed by atoms with Crippen LogP contribution < -0.4 is 11.1 Å². The van der Waals surface area contributed by atoms with E-state index >= 15 is 0 Å². The number of nitrogens with one attached hydrogen (secondary N) is 1. The van der Waals surface area contributed by atoms with Crippen LogP contribution in [0.25, 0.3) is 11.5 Å². The maximum absolute atomic E-state index is 12.6. The van der Waals surface area contributed by atoms with E-state index in [2.05, 4.69) is 10.4 Å². The highest BCUT2D eigenvalue weighted by molar-refractivity contribution is 5.76. The fourth-order valence-electron chi connectivity index (χ4n) is 2.90. The van der Waals surface area contributed by atoms with Gasteiger partial charge in [0.05, 0.1) is 17.9 Å². The van der Waals surface area contributed by atoms with E-state index in [1.54, 1.807) is 6.07 Å². The van der Waals surface area contributed by atoms with Gasteiger partial charge in [0.15, 0.2) is 0 Å². The minimum atomic E-state index is -0.706. The number of furan rings is 1. The van der Waals surface area contributed by atoms with E-state index in [1.807, 2.05) is 60.7 Å². The van der Waals surface area contributed by atoms with Gasteiger partial charge in [-0.15, -0.1) is 5.10 Å². The number of rotatable bonds is 6. The number of carbonyl (C=O) groups is 1. The molecular weight excluding hydrogens is 358 g/mol. The topological polar surface area (TPSA) is 90.3 Å². The van der Waals surface area contributed by atoms with Crippen molar-refractivity contribution in [3.8, 4) is 11.5 Å². The first kappa shape index (κ1) is 17.5. The summed E-state index contributed by atoms with van der Waals surface area (Å²) in [4.78, 5) is 24.7. The molecule has 0 saturated carbocycles. The van der Waals surface area contributed by atoms with Gasteiger partial charge in [-0.25, -0.2) is 4.79 Å². The fourth-order valence-corrected chi connectivity index (χ4v) is 2.90. The number of nitrogens with zero attached hydrogens (tertiary/aromatic N) is 2. The number of hydrogen-bond acceptors (Lipinski definition) is 5. The Morgan fingerprint density at radius 2 is 1.64 bits per heavy atom. The van der Waals surface area contributed by atoms with Crippen molar-refractivity contribution in [3.05, 3.63) is 101 Å². The van der Waals surface area contributed by atoms with Gasteiger partial charge < -0.3 is 14.2 Å². The smallest absolute Gasteiger partial charge is 0.437 e. The third kappa shape index (κ3) is 3.78. The molecule has 28 heavy (non-hydrogen) atoms. The fraction of sp³-hybridized carbons (Fsp3) is 0.0952. The lowest BCUT2D eigenvalue weighted by atomic mass is 9.99. The van der Waals surface area contributed by atoms with Gasteiger partial charge in [0, 0.05) is 0 Å². The molecule has 1 N–H and O–H groups in total. The summed E-state index contributed by atoms with van der Waals surface area (Å²) in [6.45, 7) is -0.254. The molecule has 7 nitrogen and oxygen atoms in total. The van der Waals surface area contributed by atoms with E-state index in [-0.39, 0.29) is 24.4 Å². The lowest BCUT2D eigenvalue weighted by Crippen LogP contribution is -2.34. The van der Waals surface area contributed by atoms with E-state index in [0.717, 1.165) is 15.8 Å². The lowest BCUT2D eigenvalue weighted by molar-refractivity contribution is -0.122. The minimum absolute atomic E-state index is 0.106. The van der Waals surface area contributed by atoms with E-state index in [9.17, 15) is 9.59 Å². The third-order valence-corrected chi connectivity index (χ3v) is 4.24. The zero-order valence-corrected chi connectivity index (χ0v) is 14.8. The Balaban J connectivity index is 1.55. The van der Waals surface area contributed by atoms with Gasteiger partial charge in [0.2, 0.25) is 5.91 Å². The first-order valence-electron chi connectivity index (χ1n) is 8.70. The Labute approximate surface area is 160 Å². The second-order valence-corrected chi connectivity index (χ2v) is 6.16. The van der Waals surface area contributed by atoms with Crippen molar-refractivity contribution in [3.63, 3.8) is 0 Å². The molecule has 2 aromatic carbocycles. The molecule has 0 atom stereocenters. The molecule has 0 aliphatic heterocycles. The van der Waals surface area contributed by atoms with Crippen LogP contribution in [0.2, 0.25) is 0 Å². The average molecular weight is 375 g/mol. The van der Waals surface area contributed by atoms with E-state index < -0.39 is 5.76 Å². The van der Waals surface area contributed by atoms with E-state index in [0.29, 0.717) is 5.56 Å².